The molecule has 1 aliphatic rings. The molecule has 4 radical (unpaired) electrons. The zero-order chi connectivity index (χ0) is 3.70. The van der Waals surface area contributed by atoms with Crippen molar-refractivity contribution >= 4 is 11.0 Å². The molecule has 0 saturated carbocycles. The summed E-state index contributed by atoms with van der Waals surface area (Å²) in [5, 5.41) is 0. The van der Waals surface area contributed by atoms with E-state index in [2.05, 4.69) is 6.92 Å². The first-order valence-corrected chi connectivity index (χ1v) is 2.01. The van der Waals surface area contributed by atoms with Gasteiger partial charge in [0.2, 0.25) is 0 Å². The van der Waals surface area contributed by atoms with Gasteiger partial charge in [-0.2, -0.15) is 0 Å². The molecule has 1 fully saturated rings. The molecule has 0 N–H and O–H groups in total. The third-order valence-electron chi connectivity index (χ3n) is 0.927. The van der Waals surface area contributed by atoms with Crippen LogP contribution < -0.4 is 0 Å². The van der Waals surface area contributed by atoms with E-state index in [1.54, 1.807) is 0 Å². The van der Waals surface area contributed by atoms with Crippen LogP contribution in [0, 0.1) is 0 Å². The Morgan fingerprint density at radius 3 is 2.00 bits per heavy atom. The summed E-state index contributed by atoms with van der Waals surface area (Å²) in [4.78, 5) is 0. The summed E-state index contributed by atoms with van der Waals surface area (Å²) in [6, 6.07) is 0. The number of hydrogen-bond donors (Lipinski definition) is 0. The summed E-state index contributed by atoms with van der Waals surface area (Å²) in [6.45, 7) is 3.07. The van der Waals surface area contributed by atoms with E-state index in [4.69, 9.17) is 4.74 Å². The SMILES string of the molecule is CC1CCO1.[Si]. The molecule has 1 heterocycles. The van der Waals surface area contributed by atoms with Crippen molar-refractivity contribution in [2.45, 2.75) is 19.4 Å². The molecule has 1 unspecified atom stereocenters. The average molecular weight is 100 g/mol. The van der Waals surface area contributed by atoms with E-state index < -0.39 is 0 Å². The Labute approximate surface area is 42.7 Å². The molecular weight excluding hydrogens is 92.1 g/mol. The maximum absolute atomic E-state index is 4.93. The lowest BCUT2D eigenvalue weighted by Crippen LogP contribution is -2.22. The van der Waals surface area contributed by atoms with Crippen LogP contribution in [0.25, 0.3) is 0 Å². The largest absolute Gasteiger partial charge is 0.378 e. The van der Waals surface area contributed by atoms with Gasteiger partial charge in [0.05, 0.1) is 6.10 Å². The molecule has 0 aromatic rings. The van der Waals surface area contributed by atoms with Gasteiger partial charge >= 0.3 is 0 Å². The Bertz CT molecular complexity index is 34.5. The number of ether oxygens (including phenoxy) is 1. The van der Waals surface area contributed by atoms with Gasteiger partial charge in [0, 0.05) is 17.6 Å². The standard InChI is InChI=1S/C4H8O.Si/c1-4-2-3-5-4;/h4H,2-3H2,1H3;. The average Bonchev–Trinajstić information content (AvgIpc) is 1.30. The lowest BCUT2D eigenvalue weighted by Gasteiger charge is -2.20. The van der Waals surface area contributed by atoms with Crippen LogP contribution in [0.3, 0.4) is 0 Å². The van der Waals surface area contributed by atoms with Crippen molar-refractivity contribution in [2.24, 2.45) is 0 Å². The zero-order valence-corrected chi connectivity index (χ0v) is 4.90. The molecule has 2 heteroatoms. The zero-order valence-electron chi connectivity index (χ0n) is 3.90. The molecule has 0 aromatic carbocycles. The lowest BCUT2D eigenvalue weighted by atomic mass is 10.2. The third kappa shape index (κ3) is 1.10. The summed E-state index contributed by atoms with van der Waals surface area (Å²) in [7, 11) is 0. The van der Waals surface area contributed by atoms with E-state index in [0.29, 0.717) is 6.10 Å². The molecule has 1 nitrogen and oxygen atoms in total. The highest BCUT2D eigenvalue weighted by atomic mass is 28.1. The Hall–Kier alpha value is 0.177. The van der Waals surface area contributed by atoms with E-state index in [0.717, 1.165) is 6.61 Å². The highest BCUT2D eigenvalue weighted by molar-refractivity contribution is 5.75. The number of hydrogen-bond acceptors (Lipinski definition) is 1. The van der Waals surface area contributed by atoms with E-state index >= 15 is 0 Å². The van der Waals surface area contributed by atoms with Gasteiger partial charge in [-0.3, -0.25) is 0 Å². The smallest absolute Gasteiger partial charge is 0.0568 e. The third-order valence-corrected chi connectivity index (χ3v) is 0.927. The molecule has 1 rings (SSSR count). The molecule has 6 heavy (non-hydrogen) atoms. The minimum atomic E-state index is 0. The summed E-state index contributed by atoms with van der Waals surface area (Å²) in [5.74, 6) is 0. The van der Waals surface area contributed by atoms with Crippen LogP contribution in [0.4, 0.5) is 0 Å². The van der Waals surface area contributed by atoms with Crippen molar-refractivity contribution < 1.29 is 4.74 Å². The van der Waals surface area contributed by atoms with Crippen molar-refractivity contribution in [2.75, 3.05) is 6.61 Å². The van der Waals surface area contributed by atoms with Gasteiger partial charge in [-0.05, 0) is 13.3 Å². The summed E-state index contributed by atoms with van der Waals surface area (Å²) in [6.07, 6.45) is 1.83. The van der Waals surface area contributed by atoms with Crippen molar-refractivity contribution in [1.82, 2.24) is 0 Å². The quantitative estimate of drug-likeness (QED) is 0.401. The fourth-order valence-corrected chi connectivity index (χ4v) is 0.354. The van der Waals surface area contributed by atoms with Gasteiger partial charge in [0.15, 0.2) is 0 Å². The summed E-state index contributed by atoms with van der Waals surface area (Å²) >= 11 is 0. The molecule has 1 atom stereocenters. The lowest BCUT2D eigenvalue weighted by molar-refractivity contribution is -0.0375. The van der Waals surface area contributed by atoms with Crippen molar-refractivity contribution in [3.05, 3.63) is 0 Å². The van der Waals surface area contributed by atoms with Gasteiger partial charge in [-0.1, -0.05) is 0 Å². The topological polar surface area (TPSA) is 9.23 Å². The predicted molar refractivity (Wildman–Crippen MR) is 25.8 cm³/mol. The van der Waals surface area contributed by atoms with Crippen LogP contribution in [0.15, 0.2) is 0 Å². The van der Waals surface area contributed by atoms with Gasteiger partial charge in [0.1, 0.15) is 0 Å². The van der Waals surface area contributed by atoms with Gasteiger partial charge in [-0.25, -0.2) is 0 Å². The molecule has 0 aromatic heterocycles. The first-order chi connectivity index (χ1) is 2.39. The van der Waals surface area contributed by atoms with Gasteiger partial charge in [0.25, 0.3) is 0 Å². The van der Waals surface area contributed by atoms with E-state index in [1.807, 2.05) is 0 Å². The van der Waals surface area contributed by atoms with E-state index in [9.17, 15) is 0 Å². The van der Waals surface area contributed by atoms with E-state index in [-0.39, 0.29) is 11.0 Å². The second-order valence-electron chi connectivity index (χ2n) is 1.47. The summed E-state index contributed by atoms with van der Waals surface area (Å²) in [5.41, 5.74) is 0. The van der Waals surface area contributed by atoms with Crippen LogP contribution >= 0.6 is 0 Å². The molecule has 1 saturated heterocycles. The van der Waals surface area contributed by atoms with Crippen molar-refractivity contribution in [3.8, 4) is 0 Å². The molecular formula is C4H8OSi. The molecule has 0 spiro atoms. The highest BCUT2D eigenvalue weighted by Crippen LogP contribution is 2.07. The number of rotatable bonds is 0. The molecule has 34 valence electrons. The predicted octanol–water partition coefficient (Wildman–Crippen LogP) is 0.414. The van der Waals surface area contributed by atoms with Crippen LogP contribution in [0.1, 0.15) is 13.3 Å². The van der Waals surface area contributed by atoms with Gasteiger partial charge < -0.3 is 4.74 Å². The molecule has 0 bridgehead atoms. The molecule has 0 amide bonds. The first kappa shape index (κ1) is 6.18. The fourth-order valence-electron chi connectivity index (χ4n) is 0.354. The Kier molecular flexibility index (Phi) is 2.44. The maximum Gasteiger partial charge on any atom is 0.0568 e. The van der Waals surface area contributed by atoms with Crippen LogP contribution in [-0.4, -0.2) is 23.7 Å². The van der Waals surface area contributed by atoms with E-state index in [1.165, 1.54) is 6.42 Å². The molecule has 1 aliphatic heterocycles. The van der Waals surface area contributed by atoms with Crippen LogP contribution in [0.5, 0.6) is 0 Å². The highest BCUT2D eigenvalue weighted by Gasteiger charge is 2.09. The minimum Gasteiger partial charge on any atom is -0.378 e. The Morgan fingerprint density at radius 1 is 1.67 bits per heavy atom. The Balaban J connectivity index is 0.000000250. The maximum atomic E-state index is 4.93. The first-order valence-electron chi connectivity index (χ1n) is 2.01. The van der Waals surface area contributed by atoms with Gasteiger partial charge in [-0.15, -0.1) is 0 Å². The second-order valence-corrected chi connectivity index (χ2v) is 1.47. The van der Waals surface area contributed by atoms with Crippen molar-refractivity contribution in [3.63, 3.8) is 0 Å². The Morgan fingerprint density at radius 2 is 2.00 bits per heavy atom. The fraction of sp³-hybridized carbons (Fsp3) is 1.00. The monoisotopic (exact) mass is 100 g/mol. The van der Waals surface area contributed by atoms with Crippen LogP contribution in [0.2, 0.25) is 0 Å². The molecule has 0 aliphatic carbocycles. The van der Waals surface area contributed by atoms with Crippen LogP contribution in [-0.2, 0) is 4.74 Å². The normalized spacial score (nSPS) is 30.5. The van der Waals surface area contributed by atoms with Crippen molar-refractivity contribution in [1.29, 1.82) is 0 Å². The second kappa shape index (κ2) is 2.37. The summed E-state index contributed by atoms with van der Waals surface area (Å²) < 4.78 is 4.93. The minimum absolute atomic E-state index is 0.